The van der Waals surface area contributed by atoms with Crippen LogP contribution in [0.3, 0.4) is 0 Å². The molecule has 1 unspecified atom stereocenters. The summed E-state index contributed by atoms with van der Waals surface area (Å²) in [6, 6.07) is 0.661. The summed E-state index contributed by atoms with van der Waals surface area (Å²) in [5.74, 6) is 0.625. The molecule has 2 heteroatoms. The second-order valence-corrected chi connectivity index (χ2v) is 6.27. The van der Waals surface area contributed by atoms with Crippen molar-refractivity contribution >= 4 is 0 Å². The van der Waals surface area contributed by atoms with Crippen molar-refractivity contribution in [2.75, 3.05) is 0 Å². The summed E-state index contributed by atoms with van der Waals surface area (Å²) in [5, 5.41) is 3.61. The largest absolute Gasteiger partial charge is 0.375 e. The first kappa shape index (κ1) is 13.0. The molecule has 15 heavy (non-hydrogen) atoms. The van der Waals surface area contributed by atoms with Gasteiger partial charge in [-0.05, 0) is 46.5 Å². The van der Waals surface area contributed by atoms with Gasteiger partial charge in [0.2, 0.25) is 0 Å². The minimum Gasteiger partial charge on any atom is -0.375 e. The Labute approximate surface area is 94.8 Å². The molecule has 2 nitrogen and oxygen atoms in total. The van der Waals surface area contributed by atoms with E-state index in [4.69, 9.17) is 4.74 Å². The van der Waals surface area contributed by atoms with E-state index in [2.05, 4.69) is 46.9 Å². The van der Waals surface area contributed by atoms with Gasteiger partial charge in [-0.15, -0.1) is 0 Å². The molecule has 0 spiro atoms. The Morgan fingerprint density at radius 3 is 2.07 bits per heavy atom. The van der Waals surface area contributed by atoms with Gasteiger partial charge in [0, 0.05) is 11.6 Å². The van der Waals surface area contributed by atoms with Crippen molar-refractivity contribution < 1.29 is 4.74 Å². The van der Waals surface area contributed by atoms with Gasteiger partial charge in [0.25, 0.3) is 0 Å². The van der Waals surface area contributed by atoms with Gasteiger partial charge in [0.1, 0.15) is 0 Å². The van der Waals surface area contributed by atoms with E-state index < -0.39 is 0 Å². The Morgan fingerprint density at radius 1 is 1.13 bits per heavy atom. The zero-order valence-corrected chi connectivity index (χ0v) is 11.1. The molecule has 1 aliphatic rings. The number of rotatable bonds is 4. The smallest absolute Gasteiger partial charge is 0.0608 e. The average molecular weight is 213 g/mol. The molecule has 1 aliphatic carbocycles. The first-order valence-electron chi connectivity index (χ1n) is 6.21. The maximum absolute atomic E-state index is 5.95. The molecule has 0 aromatic rings. The number of hydrogen-bond acceptors (Lipinski definition) is 2. The summed E-state index contributed by atoms with van der Waals surface area (Å²) in [4.78, 5) is 0. The maximum Gasteiger partial charge on any atom is 0.0608 e. The van der Waals surface area contributed by atoms with Crippen molar-refractivity contribution in [3.05, 3.63) is 0 Å². The predicted octanol–water partition coefficient (Wildman–Crippen LogP) is 2.97. The van der Waals surface area contributed by atoms with Gasteiger partial charge in [0.15, 0.2) is 0 Å². The molecule has 0 aromatic carbocycles. The zero-order valence-electron chi connectivity index (χ0n) is 11.1. The minimum atomic E-state index is 0.235. The topological polar surface area (TPSA) is 21.3 Å². The zero-order chi connectivity index (χ0) is 11.6. The SMILES string of the molecule is CC(C)C(C)O[C@H]1C[C@H](NC(C)(C)C)C1. The van der Waals surface area contributed by atoms with Crippen LogP contribution >= 0.6 is 0 Å². The Hall–Kier alpha value is -0.0800. The molecule has 1 saturated carbocycles. The van der Waals surface area contributed by atoms with E-state index in [1.807, 2.05) is 0 Å². The predicted molar refractivity (Wildman–Crippen MR) is 65.1 cm³/mol. The van der Waals surface area contributed by atoms with Crippen LogP contribution in [0, 0.1) is 5.92 Å². The lowest BCUT2D eigenvalue weighted by Crippen LogP contribution is -2.53. The van der Waals surface area contributed by atoms with E-state index in [1.165, 1.54) is 12.8 Å². The Morgan fingerprint density at radius 2 is 1.67 bits per heavy atom. The summed E-state index contributed by atoms with van der Waals surface area (Å²) in [5.41, 5.74) is 0.235. The van der Waals surface area contributed by atoms with Crippen LogP contribution in [0.15, 0.2) is 0 Å². The molecular formula is C13H27NO. The van der Waals surface area contributed by atoms with E-state index >= 15 is 0 Å². The van der Waals surface area contributed by atoms with Crippen molar-refractivity contribution in [2.45, 2.75) is 78.2 Å². The fourth-order valence-electron chi connectivity index (χ4n) is 1.87. The van der Waals surface area contributed by atoms with Crippen molar-refractivity contribution in [1.82, 2.24) is 5.32 Å². The number of hydrogen-bond donors (Lipinski definition) is 1. The lowest BCUT2D eigenvalue weighted by molar-refractivity contribution is -0.0762. The van der Waals surface area contributed by atoms with Gasteiger partial charge < -0.3 is 10.1 Å². The second kappa shape index (κ2) is 4.84. The normalized spacial score (nSPS) is 29.0. The van der Waals surface area contributed by atoms with Crippen LogP contribution in [0.1, 0.15) is 54.4 Å². The third kappa shape index (κ3) is 4.52. The fraction of sp³-hybridized carbons (Fsp3) is 1.00. The van der Waals surface area contributed by atoms with Crippen LogP contribution in [0.25, 0.3) is 0 Å². The summed E-state index contributed by atoms with van der Waals surface area (Å²) < 4.78 is 5.95. The van der Waals surface area contributed by atoms with E-state index in [0.29, 0.717) is 24.2 Å². The van der Waals surface area contributed by atoms with Crippen LogP contribution in [0.2, 0.25) is 0 Å². The number of ether oxygens (including phenoxy) is 1. The average Bonchev–Trinajstić information content (AvgIpc) is 1.97. The lowest BCUT2D eigenvalue weighted by Gasteiger charge is -2.41. The molecule has 0 bridgehead atoms. The van der Waals surface area contributed by atoms with Gasteiger partial charge in [0.05, 0.1) is 12.2 Å². The van der Waals surface area contributed by atoms with Crippen molar-refractivity contribution in [3.8, 4) is 0 Å². The van der Waals surface area contributed by atoms with Gasteiger partial charge >= 0.3 is 0 Å². The maximum atomic E-state index is 5.95. The molecule has 0 aliphatic heterocycles. The van der Waals surface area contributed by atoms with Crippen molar-refractivity contribution in [1.29, 1.82) is 0 Å². The van der Waals surface area contributed by atoms with Crippen LogP contribution < -0.4 is 5.32 Å². The summed E-state index contributed by atoms with van der Waals surface area (Å²) in [6.07, 6.45) is 3.23. The fourth-order valence-corrected chi connectivity index (χ4v) is 1.87. The Kier molecular flexibility index (Phi) is 4.19. The van der Waals surface area contributed by atoms with Crippen LogP contribution in [0.4, 0.5) is 0 Å². The van der Waals surface area contributed by atoms with E-state index in [0.717, 1.165) is 0 Å². The lowest BCUT2D eigenvalue weighted by atomic mass is 9.87. The third-order valence-electron chi connectivity index (χ3n) is 3.08. The standard InChI is InChI=1S/C13H27NO/c1-9(2)10(3)15-12-7-11(8-12)14-13(4,5)6/h9-12,14H,7-8H2,1-6H3/t10?,11-,12-. The third-order valence-corrected chi connectivity index (χ3v) is 3.08. The van der Waals surface area contributed by atoms with Gasteiger partial charge in [-0.25, -0.2) is 0 Å². The molecule has 1 rings (SSSR count). The highest BCUT2D eigenvalue weighted by atomic mass is 16.5. The quantitative estimate of drug-likeness (QED) is 0.775. The minimum absolute atomic E-state index is 0.235. The van der Waals surface area contributed by atoms with Crippen molar-refractivity contribution in [2.24, 2.45) is 5.92 Å². The summed E-state index contributed by atoms with van der Waals surface area (Å²) in [7, 11) is 0. The Balaban J connectivity index is 2.15. The summed E-state index contributed by atoms with van der Waals surface area (Å²) >= 11 is 0. The van der Waals surface area contributed by atoms with Gasteiger partial charge in [-0.3, -0.25) is 0 Å². The van der Waals surface area contributed by atoms with E-state index in [1.54, 1.807) is 0 Å². The van der Waals surface area contributed by atoms with Crippen LogP contribution in [-0.4, -0.2) is 23.8 Å². The van der Waals surface area contributed by atoms with E-state index in [-0.39, 0.29) is 5.54 Å². The molecule has 1 N–H and O–H groups in total. The second-order valence-electron chi connectivity index (χ2n) is 6.27. The highest BCUT2D eigenvalue weighted by Crippen LogP contribution is 2.27. The molecule has 0 radical (unpaired) electrons. The molecular weight excluding hydrogens is 186 g/mol. The van der Waals surface area contributed by atoms with E-state index in [9.17, 15) is 0 Å². The monoisotopic (exact) mass is 213 g/mol. The van der Waals surface area contributed by atoms with Gasteiger partial charge in [-0.2, -0.15) is 0 Å². The highest BCUT2D eigenvalue weighted by Gasteiger charge is 2.33. The first-order valence-corrected chi connectivity index (χ1v) is 6.21. The Bertz CT molecular complexity index is 189. The number of nitrogens with one attached hydrogen (secondary N) is 1. The van der Waals surface area contributed by atoms with Crippen molar-refractivity contribution in [3.63, 3.8) is 0 Å². The first-order chi connectivity index (χ1) is 6.78. The van der Waals surface area contributed by atoms with Crippen LogP contribution in [-0.2, 0) is 4.74 Å². The molecule has 90 valence electrons. The molecule has 0 amide bonds. The van der Waals surface area contributed by atoms with Crippen LogP contribution in [0.5, 0.6) is 0 Å². The molecule has 0 heterocycles. The molecule has 0 saturated heterocycles. The molecule has 0 aromatic heterocycles. The highest BCUT2D eigenvalue weighted by molar-refractivity contribution is 4.90. The van der Waals surface area contributed by atoms with Gasteiger partial charge in [-0.1, -0.05) is 13.8 Å². The summed E-state index contributed by atoms with van der Waals surface area (Å²) in [6.45, 7) is 13.3. The molecule has 1 atom stereocenters. The molecule has 1 fully saturated rings.